The Morgan fingerprint density at radius 2 is 2.06 bits per heavy atom. The third-order valence-corrected chi connectivity index (χ3v) is 3.55. The lowest BCUT2D eigenvalue weighted by Gasteiger charge is -2.25. The summed E-state index contributed by atoms with van der Waals surface area (Å²) in [7, 11) is 0. The molecule has 5 heteroatoms. The zero-order valence-corrected chi connectivity index (χ0v) is 9.73. The minimum atomic E-state index is -0.628. The minimum absolute atomic E-state index is 0.215. The van der Waals surface area contributed by atoms with E-state index in [0.717, 1.165) is 25.7 Å². The van der Waals surface area contributed by atoms with E-state index >= 15 is 0 Å². The summed E-state index contributed by atoms with van der Waals surface area (Å²) in [6.45, 7) is 1.78. The van der Waals surface area contributed by atoms with Crippen LogP contribution in [0.1, 0.15) is 43.4 Å². The molecule has 0 bridgehead atoms. The summed E-state index contributed by atoms with van der Waals surface area (Å²) in [6, 6.07) is 0. The molecule has 3 rings (SSSR count). The predicted octanol–water partition coefficient (Wildman–Crippen LogP) is 1.99. The van der Waals surface area contributed by atoms with E-state index in [0.29, 0.717) is 17.2 Å². The van der Waals surface area contributed by atoms with Gasteiger partial charge in [0.1, 0.15) is 5.76 Å². The Morgan fingerprint density at radius 1 is 1.29 bits per heavy atom. The molecule has 0 unspecified atom stereocenters. The third-order valence-electron chi connectivity index (χ3n) is 3.55. The van der Waals surface area contributed by atoms with Crippen LogP contribution in [0.4, 0.5) is 0 Å². The Kier molecular flexibility index (Phi) is 2.28. The highest BCUT2D eigenvalue weighted by molar-refractivity contribution is 6.08. The number of carbonyl (C=O) groups excluding carboxylic acids is 1. The van der Waals surface area contributed by atoms with Crippen LogP contribution in [0.3, 0.4) is 0 Å². The summed E-state index contributed by atoms with van der Waals surface area (Å²) < 4.78 is 10.3. The number of hydrogen-bond donors (Lipinski definition) is 0. The van der Waals surface area contributed by atoms with Gasteiger partial charge in [0.2, 0.25) is 5.90 Å². The Hall–Kier alpha value is -1.65. The third kappa shape index (κ3) is 1.57. The molecule has 1 fully saturated rings. The number of aliphatic imine (C=N–C) groups is 1. The molecule has 2 aliphatic rings. The normalized spacial score (nSPS) is 22.6. The van der Waals surface area contributed by atoms with Gasteiger partial charge >= 0.3 is 5.97 Å². The van der Waals surface area contributed by atoms with Crippen molar-refractivity contribution in [3.63, 3.8) is 0 Å². The Balaban J connectivity index is 1.96. The zero-order valence-electron chi connectivity index (χ0n) is 9.73. The molecule has 1 aliphatic carbocycles. The minimum Gasteiger partial charge on any atom is -0.405 e. The van der Waals surface area contributed by atoms with Crippen molar-refractivity contribution >= 4 is 11.9 Å². The second-order valence-electron chi connectivity index (χ2n) is 4.69. The van der Waals surface area contributed by atoms with Crippen LogP contribution in [0.5, 0.6) is 0 Å². The molecule has 0 amide bonds. The number of aryl methyl sites for hydroxylation is 1. The number of ether oxygens (including phenoxy) is 1. The van der Waals surface area contributed by atoms with E-state index in [1.54, 1.807) is 13.1 Å². The van der Waals surface area contributed by atoms with Crippen LogP contribution >= 0.6 is 0 Å². The first-order valence-corrected chi connectivity index (χ1v) is 5.95. The first-order valence-electron chi connectivity index (χ1n) is 5.95. The second kappa shape index (κ2) is 3.68. The average molecular weight is 234 g/mol. The van der Waals surface area contributed by atoms with Crippen molar-refractivity contribution in [3.05, 3.63) is 17.5 Å². The van der Waals surface area contributed by atoms with Gasteiger partial charge in [0.05, 0.1) is 11.8 Å². The molecule has 1 aliphatic heterocycles. The van der Waals surface area contributed by atoms with E-state index in [-0.39, 0.29) is 5.97 Å². The lowest BCUT2D eigenvalue weighted by molar-refractivity contribution is -0.140. The molecule has 17 heavy (non-hydrogen) atoms. The summed E-state index contributed by atoms with van der Waals surface area (Å²) in [5, 5.41) is 3.68. The maximum Gasteiger partial charge on any atom is 0.340 e. The Labute approximate surface area is 98.8 Å². The van der Waals surface area contributed by atoms with Gasteiger partial charge in [-0.3, -0.25) is 0 Å². The van der Waals surface area contributed by atoms with Crippen molar-refractivity contribution in [2.45, 2.75) is 44.6 Å². The van der Waals surface area contributed by atoms with Crippen molar-refractivity contribution in [1.82, 2.24) is 5.16 Å². The van der Waals surface area contributed by atoms with Crippen LogP contribution in [-0.4, -0.2) is 22.6 Å². The number of nitrogens with zero attached hydrogens (tertiary/aromatic N) is 2. The average Bonchev–Trinajstić information content (AvgIpc) is 2.86. The molecular weight excluding hydrogens is 220 g/mol. The fourth-order valence-electron chi connectivity index (χ4n) is 2.52. The zero-order chi connectivity index (χ0) is 11.9. The summed E-state index contributed by atoms with van der Waals surface area (Å²) in [6.07, 6.45) is 6.37. The van der Waals surface area contributed by atoms with Crippen LogP contribution in [0.25, 0.3) is 0 Å². The molecule has 1 spiro atoms. The van der Waals surface area contributed by atoms with Gasteiger partial charge in [0.25, 0.3) is 0 Å². The quantitative estimate of drug-likeness (QED) is 0.697. The van der Waals surface area contributed by atoms with Crippen molar-refractivity contribution < 1.29 is 14.1 Å². The largest absolute Gasteiger partial charge is 0.405 e. The van der Waals surface area contributed by atoms with E-state index in [1.165, 1.54) is 6.42 Å². The van der Waals surface area contributed by atoms with Crippen molar-refractivity contribution in [2.75, 3.05) is 0 Å². The highest BCUT2D eigenvalue weighted by Gasteiger charge is 2.47. The number of esters is 1. The Bertz CT molecular complexity index is 484. The number of aromatic nitrogens is 1. The van der Waals surface area contributed by atoms with E-state index in [9.17, 15) is 4.79 Å². The molecule has 0 radical (unpaired) electrons. The summed E-state index contributed by atoms with van der Waals surface area (Å²) >= 11 is 0. The molecule has 1 aromatic rings. The molecule has 90 valence electrons. The topological polar surface area (TPSA) is 64.7 Å². The van der Waals surface area contributed by atoms with Gasteiger partial charge in [-0.15, -0.1) is 0 Å². The van der Waals surface area contributed by atoms with Crippen molar-refractivity contribution in [2.24, 2.45) is 4.99 Å². The standard InChI is InChI=1S/C12H14N2O3/c1-8-9(7-13-17-8)10-14-12(11(15)16-10)5-3-2-4-6-12/h7H,2-6H2,1H3. The predicted molar refractivity (Wildman–Crippen MR) is 59.7 cm³/mol. The van der Waals surface area contributed by atoms with E-state index in [4.69, 9.17) is 9.26 Å². The summed E-state index contributed by atoms with van der Waals surface area (Å²) in [4.78, 5) is 16.5. The van der Waals surface area contributed by atoms with Crippen LogP contribution in [0.2, 0.25) is 0 Å². The smallest absolute Gasteiger partial charge is 0.340 e. The van der Waals surface area contributed by atoms with Gasteiger partial charge in [-0.25, -0.2) is 9.79 Å². The van der Waals surface area contributed by atoms with Crippen LogP contribution < -0.4 is 0 Å². The molecule has 5 nitrogen and oxygen atoms in total. The SMILES string of the molecule is Cc1oncc1C1=NC2(CCCCC2)C(=O)O1. The molecule has 0 aromatic carbocycles. The van der Waals surface area contributed by atoms with Crippen molar-refractivity contribution in [3.8, 4) is 0 Å². The van der Waals surface area contributed by atoms with Gasteiger partial charge < -0.3 is 9.26 Å². The second-order valence-corrected chi connectivity index (χ2v) is 4.69. The van der Waals surface area contributed by atoms with E-state index in [1.807, 2.05) is 0 Å². The van der Waals surface area contributed by atoms with Crippen LogP contribution in [0.15, 0.2) is 15.7 Å². The van der Waals surface area contributed by atoms with Gasteiger partial charge in [0, 0.05) is 0 Å². The molecular formula is C12H14N2O3. The highest BCUT2D eigenvalue weighted by atomic mass is 16.6. The molecule has 0 saturated heterocycles. The Morgan fingerprint density at radius 3 is 2.71 bits per heavy atom. The summed E-state index contributed by atoms with van der Waals surface area (Å²) in [5.41, 5.74) is 0.0536. The van der Waals surface area contributed by atoms with E-state index < -0.39 is 5.54 Å². The van der Waals surface area contributed by atoms with Crippen LogP contribution in [-0.2, 0) is 9.53 Å². The van der Waals surface area contributed by atoms with Gasteiger partial charge in [-0.1, -0.05) is 24.4 Å². The monoisotopic (exact) mass is 234 g/mol. The van der Waals surface area contributed by atoms with Gasteiger partial charge in [-0.2, -0.15) is 0 Å². The first-order chi connectivity index (χ1) is 8.21. The maximum atomic E-state index is 12.0. The highest BCUT2D eigenvalue weighted by Crippen LogP contribution is 2.37. The fourth-order valence-corrected chi connectivity index (χ4v) is 2.52. The number of carbonyl (C=O) groups is 1. The molecule has 0 atom stereocenters. The number of cyclic esters (lactones) is 1. The van der Waals surface area contributed by atoms with Gasteiger partial charge in [-0.05, 0) is 19.8 Å². The van der Waals surface area contributed by atoms with E-state index in [2.05, 4.69) is 10.1 Å². The van der Waals surface area contributed by atoms with Gasteiger partial charge in [0.15, 0.2) is 5.54 Å². The van der Waals surface area contributed by atoms with Crippen molar-refractivity contribution in [1.29, 1.82) is 0 Å². The molecule has 1 saturated carbocycles. The molecule has 1 aromatic heterocycles. The molecule has 0 N–H and O–H groups in total. The number of rotatable bonds is 1. The lowest BCUT2D eigenvalue weighted by atomic mass is 9.83. The summed E-state index contributed by atoms with van der Waals surface area (Å²) in [5.74, 6) is 0.785. The van der Waals surface area contributed by atoms with Crippen LogP contribution in [0, 0.1) is 6.92 Å². The number of hydrogen-bond acceptors (Lipinski definition) is 5. The fraction of sp³-hybridized carbons (Fsp3) is 0.583. The lowest BCUT2D eigenvalue weighted by Crippen LogP contribution is -2.35. The first kappa shape index (κ1) is 10.5. The molecule has 2 heterocycles. The maximum absolute atomic E-state index is 12.0.